The molecule has 22 heavy (non-hydrogen) atoms. The molecule has 1 aromatic carbocycles. The molecule has 1 aliphatic heterocycles. The summed E-state index contributed by atoms with van der Waals surface area (Å²) >= 11 is 0. The van der Waals surface area contributed by atoms with Gasteiger partial charge in [0.05, 0.1) is 13.7 Å². The van der Waals surface area contributed by atoms with Crippen molar-refractivity contribution >= 4 is 11.7 Å². The van der Waals surface area contributed by atoms with Gasteiger partial charge in [-0.1, -0.05) is 24.3 Å². The van der Waals surface area contributed by atoms with Crippen molar-refractivity contribution in [2.45, 2.75) is 13.0 Å². The number of hydrogen-bond donors (Lipinski definition) is 2. The molecular weight excluding hydrogens is 282 g/mol. The van der Waals surface area contributed by atoms with Crippen LogP contribution in [0.1, 0.15) is 21.6 Å². The largest absolute Gasteiger partial charge is 0.496 e. The molecule has 1 amide bonds. The third-order valence-corrected chi connectivity index (χ3v) is 3.66. The van der Waals surface area contributed by atoms with Crippen molar-refractivity contribution in [1.29, 1.82) is 0 Å². The summed E-state index contributed by atoms with van der Waals surface area (Å²) < 4.78 is 5.30. The average Bonchev–Trinajstić information content (AvgIpc) is 2.57. The Morgan fingerprint density at radius 3 is 2.95 bits per heavy atom. The molecule has 114 valence electrons. The van der Waals surface area contributed by atoms with Crippen molar-refractivity contribution in [3.63, 3.8) is 0 Å². The number of carbonyl (C=O) groups is 1. The summed E-state index contributed by atoms with van der Waals surface area (Å²) in [6, 6.07) is 11.4. The summed E-state index contributed by atoms with van der Waals surface area (Å²) in [6.07, 6.45) is 0.608. The van der Waals surface area contributed by atoms with Crippen LogP contribution >= 0.6 is 0 Å². The van der Waals surface area contributed by atoms with Gasteiger partial charge < -0.3 is 10.1 Å². The molecule has 0 saturated heterocycles. The summed E-state index contributed by atoms with van der Waals surface area (Å²) in [5, 5.41) is 13.4. The second kappa shape index (κ2) is 6.03. The zero-order chi connectivity index (χ0) is 15.5. The van der Waals surface area contributed by atoms with Gasteiger partial charge >= 0.3 is 0 Å². The Labute approximate surface area is 128 Å². The highest BCUT2D eigenvalue weighted by Crippen LogP contribution is 2.21. The van der Waals surface area contributed by atoms with Crippen LogP contribution in [0.15, 0.2) is 36.4 Å². The zero-order valence-electron chi connectivity index (χ0n) is 12.2. The number of nitrogens with one attached hydrogen (secondary N) is 1. The third-order valence-electron chi connectivity index (χ3n) is 3.66. The second-order valence-electron chi connectivity index (χ2n) is 5.05. The van der Waals surface area contributed by atoms with Crippen molar-refractivity contribution in [3.8, 4) is 5.75 Å². The van der Waals surface area contributed by atoms with Gasteiger partial charge in [0, 0.05) is 12.1 Å². The van der Waals surface area contributed by atoms with Gasteiger partial charge in [-0.3, -0.25) is 10.0 Å². The first-order valence-corrected chi connectivity index (χ1v) is 7.05. The van der Waals surface area contributed by atoms with E-state index in [2.05, 4.69) is 10.3 Å². The maximum absolute atomic E-state index is 11.9. The first kappa shape index (κ1) is 14.3. The molecule has 6 heteroatoms. The van der Waals surface area contributed by atoms with Gasteiger partial charge in [-0.2, -0.15) is 0 Å². The van der Waals surface area contributed by atoms with Crippen LogP contribution in [-0.2, 0) is 13.0 Å². The fraction of sp³-hybridized carbons (Fsp3) is 0.250. The maximum atomic E-state index is 11.9. The molecule has 0 fully saturated rings. The Hall–Kier alpha value is -2.60. The summed E-state index contributed by atoms with van der Waals surface area (Å²) in [7, 11) is 1.63. The predicted molar refractivity (Wildman–Crippen MR) is 81.1 cm³/mol. The normalized spacial score (nSPS) is 13.7. The minimum Gasteiger partial charge on any atom is -0.496 e. The summed E-state index contributed by atoms with van der Waals surface area (Å²) in [4.78, 5) is 16.2. The molecule has 1 aliphatic rings. The molecule has 2 aromatic rings. The van der Waals surface area contributed by atoms with Gasteiger partial charge in [0.15, 0.2) is 0 Å². The molecular formula is C16H17N3O3. The number of fused-ring (bicyclic) bond motifs is 1. The molecule has 0 aliphatic carbocycles. The van der Waals surface area contributed by atoms with Crippen molar-refractivity contribution in [2.75, 3.05) is 19.0 Å². The minimum atomic E-state index is -0.456. The highest BCUT2D eigenvalue weighted by molar-refractivity contribution is 5.94. The minimum absolute atomic E-state index is 0.304. The molecule has 2 N–H and O–H groups in total. The predicted octanol–water partition coefficient (Wildman–Crippen LogP) is 2.09. The lowest BCUT2D eigenvalue weighted by atomic mass is 10.1. The molecule has 0 bridgehead atoms. The Kier molecular flexibility index (Phi) is 3.93. The number of para-hydroxylation sites is 1. The van der Waals surface area contributed by atoms with Crippen LogP contribution in [-0.4, -0.2) is 34.8 Å². The lowest BCUT2D eigenvalue weighted by Gasteiger charge is -2.22. The van der Waals surface area contributed by atoms with E-state index in [-0.39, 0.29) is 0 Å². The van der Waals surface area contributed by atoms with Gasteiger partial charge in [0.1, 0.15) is 17.3 Å². The molecule has 0 saturated carbocycles. The fourth-order valence-electron chi connectivity index (χ4n) is 2.46. The molecule has 2 heterocycles. The molecule has 0 unspecified atom stereocenters. The van der Waals surface area contributed by atoms with E-state index in [9.17, 15) is 10.0 Å². The number of benzene rings is 1. The standard InChI is InChI=1S/C16H17N3O3/c1-22-13-5-3-2-4-12(13)10-17-14-7-6-11-8-9-19(21)16(20)15(11)18-14/h2-7,21H,8-10H2,1H3,(H,17,18). The highest BCUT2D eigenvalue weighted by Gasteiger charge is 2.24. The smallest absolute Gasteiger partial charge is 0.296 e. The molecule has 0 radical (unpaired) electrons. The number of hydrogen-bond acceptors (Lipinski definition) is 5. The molecule has 1 aromatic heterocycles. The van der Waals surface area contributed by atoms with Crippen LogP contribution in [0.25, 0.3) is 0 Å². The Morgan fingerprint density at radius 1 is 1.32 bits per heavy atom. The van der Waals surface area contributed by atoms with Crippen LogP contribution in [0.5, 0.6) is 5.75 Å². The van der Waals surface area contributed by atoms with E-state index in [4.69, 9.17) is 4.74 Å². The highest BCUT2D eigenvalue weighted by atomic mass is 16.5. The van der Waals surface area contributed by atoms with Crippen molar-refractivity contribution in [3.05, 3.63) is 53.2 Å². The van der Waals surface area contributed by atoms with E-state index in [0.717, 1.165) is 16.9 Å². The maximum Gasteiger partial charge on any atom is 0.296 e. The lowest BCUT2D eigenvalue weighted by molar-refractivity contribution is -0.0607. The number of ether oxygens (including phenoxy) is 1. The van der Waals surface area contributed by atoms with Crippen molar-refractivity contribution in [2.24, 2.45) is 0 Å². The monoisotopic (exact) mass is 299 g/mol. The number of rotatable bonds is 4. The first-order valence-electron chi connectivity index (χ1n) is 7.05. The molecule has 3 rings (SSSR count). The number of methoxy groups -OCH3 is 1. The van der Waals surface area contributed by atoms with Gasteiger partial charge in [-0.15, -0.1) is 0 Å². The van der Waals surface area contributed by atoms with Crippen LogP contribution in [0.2, 0.25) is 0 Å². The van der Waals surface area contributed by atoms with Crippen LogP contribution in [0.4, 0.5) is 5.82 Å². The van der Waals surface area contributed by atoms with Crippen molar-refractivity contribution < 1.29 is 14.7 Å². The second-order valence-corrected chi connectivity index (χ2v) is 5.05. The fourth-order valence-corrected chi connectivity index (χ4v) is 2.46. The Morgan fingerprint density at radius 2 is 2.14 bits per heavy atom. The zero-order valence-corrected chi connectivity index (χ0v) is 12.2. The molecule has 0 atom stereocenters. The summed E-state index contributed by atoms with van der Waals surface area (Å²) in [5.74, 6) is 0.932. The van der Waals surface area contributed by atoms with E-state index in [0.29, 0.717) is 36.1 Å². The van der Waals surface area contributed by atoms with E-state index in [1.54, 1.807) is 7.11 Å². The Bertz CT molecular complexity index is 703. The SMILES string of the molecule is COc1ccccc1CNc1ccc2c(n1)C(=O)N(O)CC2. The van der Waals surface area contributed by atoms with E-state index in [1.807, 2.05) is 36.4 Å². The lowest BCUT2D eigenvalue weighted by Crippen LogP contribution is -2.35. The summed E-state index contributed by atoms with van der Waals surface area (Å²) in [5.41, 5.74) is 2.16. The van der Waals surface area contributed by atoms with Crippen LogP contribution < -0.4 is 10.1 Å². The molecule has 0 spiro atoms. The van der Waals surface area contributed by atoms with Crippen molar-refractivity contribution in [1.82, 2.24) is 10.0 Å². The van der Waals surface area contributed by atoms with Gasteiger partial charge in [0.2, 0.25) is 0 Å². The number of aromatic nitrogens is 1. The number of pyridine rings is 1. The van der Waals surface area contributed by atoms with Crippen LogP contribution in [0.3, 0.4) is 0 Å². The topological polar surface area (TPSA) is 74.7 Å². The number of nitrogens with zero attached hydrogens (tertiary/aromatic N) is 2. The number of carbonyl (C=O) groups excluding carboxylic acids is 1. The Balaban J connectivity index is 1.78. The van der Waals surface area contributed by atoms with E-state index >= 15 is 0 Å². The molecule has 6 nitrogen and oxygen atoms in total. The average molecular weight is 299 g/mol. The number of hydroxylamine groups is 2. The number of anilines is 1. The summed E-state index contributed by atoms with van der Waals surface area (Å²) in [6.45, 7) is 0.842. The van der Waals surface area contributed by atoms with E-state index < -0.39 is 5.91 Å². The third kappa shape index (κ3) is 2.73. The van der Waals surface area contributed by atoms with E-state index in [1.165, 1.54) is 0 Å². The quantitative estimate of drug-likeness (QED) is 0.846. The van der Waals surface area contributed by atoms with Crippen LogP contribution in [0, 0.1) is 0 Å². The van der Waals surface area contributed by atoms with Gasteiger partial charge in [0.25, 0.3) is 5.91 Å². The van der Waals surface area contributed by atoms with Gasteiger partial charge in [-0.05, 0) is 24.1 Å². The first-order chi connectivity index (χ1) is 10.7. The van der Waals surface area contributed by atoms with Gasteiger partial charge in [-0.25, -0.2) is 10.0 Å². The number of amides is 1.